The summed E-state index contributed by atoms with van der Waals surface area (Å²) >= 11 is 0. The smallest absolute Gasteiger partial charge is 0.334 e. The van der Waals surface area contributed by atoms with E-state index in [9.17, 15) is 0 Å². The zero-order valence-electron chi connectivity index (χ0n) is 10.4. The average Bonchev–Trinajstić information content (AvgIpc) is 2.20. The molecule has 0 saturated heterocycles. The van der Waals surface area contributed by atoms with E-state index < -0.39 is 8.56 Å². The van der Waals surface area contributed by atoms with Crippen molar-refractivity contribution in [1.82, 2.24) is 0 Å². The van der Waals surface area contributed by atoms with Gasteiger partial charge in [-0.25, -0.2) is 0 Å². The van der Waals surface area contributed by atoms with E-state index in [0.717, 1.165) is 19.0 Å². The minimum absolute atomic E-state index is 0.844. The van der Waals surface area contributed by atoms with Gasteiger partial charge in [-0.05, 0) is 25.6 Å². The fourth-order valence-corrected chi connectivity index (χ4v) is 2.43. The Kier molecular flexibility index (Phi) is 13.2. The van der Waals surface area contributed by atoms with Crippen molar-refractivity contribution in [3.8, 4) is 0 Å². The first-order chi connectivity index (χ1) is 6.60. The number of rotatable bonds is 6. The van der Waals surface area contributed by atoms with Gasteiger partial charge >= 0.3 is 8.56 Å². The van der Waals surface area contributed by atoms with Crippen LogP contribution in [0.3, 0.4) is 0 Å². The maximum Gasteiger partial charge on any atom is 0.334 e. The van der Waals surface area contributed by atoms with Gasteiger partial charge in [0.05, 0.1) is 0 Å². The molecule has 0 amide bonds. The summed E-state index contributed by atoms with van der Waals surface area (Å²) in [6.45, 7) is 7.20. The summed E-state index contributed by atoms with van der Waals surface area (Å²) in [5.74, 6) is 0. The molecule has 3 nitrogen and oxygen atoms in total. The van der Waals surface area contributed by atoms with Gasteiger partial charge in [0, 0.05) is 14.2 Å². The molecule has 0 aromatic rings. The highest BCUT2D eigenvalue weighted by Gasteiger charge is 2.26. The highest BCUT2D eigenvalue weighted by molar-refractivity contribution is 6.65. The van der Waals surface area contributed by atoms with Crippen molar-refractivity contribution < 1.29 is 8.85 Å². The van der Waals surface area contributed by atoms with Crippen LogP contribution in [0.4, 0.5) is 0 Å². The zero-order chi connectivity index (χ0) is 11.4. The largest absolute Gasteiger partial charge is 0.398 e. The predicted molar refractivity (Wildman–Crippen MR) is 64.7 cm³/mol. The summed E-state index contributed by atoms with van der Waals surface area (Å²) in [7, 11) is 1.76. The molecule has 0 aliphatic carbocycles. The Morgan fingerprint density at radius 2 is 1.57 bits per heavy atom. The van der Waals surface area contributed by atoms with Gasteiger partial charge in [0.25, 0.3) is 0 Å². The van der Waals surface area contributed by atoms with E-state index in [2.05, 4.69) is 20.4 Å². The Balaban J connectivity index is 0. The van der Waals surface area contributed by atoms with Crippen LogP contribution in [0.25, 0.3) is 0 Å². The van der Waals surface area contributed by atoms with E-state index >= 15 is 0 Å². The van der Waals surface area contributed by atoms with Gasteiger partial charge in [-0.15, -0.1) is 0 Å². The first-order valence-electron chi connectivity index (χ1n) is 5.40. The highest BCUT2D eigenvalue weighted by atomic mass is 28.4. The molecule has 2 N–H and O–H groups in total. The fraction of sp³-hybridized carbons (Fsp3) is 1.00. The van der Waals surface area contributed by atoms with Crippen LogP contribution < -0.4 is 5.73 Å². The van der Waals surface area contributed by atoms with Crippen molar-refractivity contribution in [3.05, 3.63) is 0 Å². The normalized spacial score (nSPS) is 10.7. The van der Waals surface area contributed by atoms with Crippen LogP contribution in [-0.4, -0.2) is 29.3 Å². The Morgan fingerprint density at radius 3 is 1.64 bits per heavy atom. The molecule has 0 spiro atoms. The summed E-state index contributed by atoms with van der Waals surface area (Å²) in [6.07, 6.45) is 3.53. The molecule has 0 atom stereocenters. The van der Waals surface area contributed by atoms with Crippen molar-refractivity contribution in [2.24, 2.45) is 5.73 Å². The van der Waals surface area contributed by atoms with Gasteiger partial charge < -0.3 is 14.6 Å². The monoisotopic (exact) mass is 221 g/mol. The lowest BCUT2D eigenvalue weighted by Gasteiger charge is -2.21. The summed E-state index contributed by atoms with van der Waals surface area (Å²) in [5.41, 5.74) is 5.14. The van der Waals surface area contributed by atoms with E-state index in [0.29, 0.717) is 0 Å². The summed E-state index contributed by atoms with van der Waals surface area (Å²) in [4.78, 5) is 0. The van der Waals surface area contributed by atoms with Crippen LogP contribution >= 0.6 is 0 Å². The van der Waals surface area contributed by atoms with E-state index in [-0.39, 0.29) is 0 Å². The Morgan fingerprint density at radius 1 is 1.07 bits per heavy atom. The van der Waals surface area contributed by atoms with Gasteiger partial charge in [-0.3, -0.25) is 0 Å². The van der Waals surface area contributed by atoms with Crippen molar-refractivity contribution in [2.75, 3.05) is 20.8 Å². The summed E-state index contributed by atoms with van der Waals surface area (Å²) in [6, 6.07) is 1.08. The van der Waals surface area contributed by atoms with Crippen LogP contribution in [-0.2, 0) is 8.85 Å². The highest BCUT2D eigenvalue weighted by Crippen LogP contribution is 2.12. The van der Waals surface area contributed by atoms with E-state index in [1.54, 1.807) is 14.2 Å². The van der Waals surface area contributed by atoms with Gasteiger partial charge in [0.15, 0.2) is 0 Å². The molecule has 4 heteroatoms. The molecule has 0 aromatic carbocycles. The second-order valence-electron chi connectivity index (χ2n) is 3.43. The first kappa shape index (κ1) is 16.5. The molecule has 0 aliphatic heterocycles. The third kappa shape index (κ3) is 10.2. The topological polar surface area (TPSA) is 44.5 Å². The molecule has 0 saturated carbocycles. The molecule has 0 aromatic heterocycles. The molecule has 14 heavy (non-hydrogen) atoms. The fourth-order valence-electron chi connectivity index (χ4n) is 0.946. The van der Waals surface area contributed by atoms with Crippen molar-refractivity contribution in [1.29, 1.82) is 0 Å². The Bertz CT molecular complexity index is 106. The van der Waals surface area contributed by atoms with Gasteiger partial charge in [-0.1, -0.05) is 26.7 Å². The summed E-state index contributed by atoms with van der Waals surface area (Å²) in [5, 5.41) is 0. The lowest BCUT2D eigenvalue weighted by molar-refractivity contribution is 0.249. The molecule has 0 aliphatic rings. The molecule has 88 valence electrons. The maximum atomic E-state index is 5.24. The van der Waals surface area contributed by atoms with Crippen LogP contribution in [0.15, 0.2) is 0 Å². The van der Waals surface area contributed by atoms with Gasteiger partial charge in [0.1, 0.15) is 0 Å². The minimum atomic E-state index is -1.70. The van der Waals surface area contributed by atoms with E-state index in [1.165, 1.54) is 12.8 Å². The molecule has 0 unspecified atom stereocenters. The Labute approximate surface area is 90.2 Å². The van der Waals surface area contributed by atoms with E-state index in [1.807, 2.05) is 0 Å². The molecule has 0 fully saturated rings. The number of hydrogen-bond acceptors (Lipinski definition) is 3. The number of hydrogen-bond donors (Lipinski definition) is 1. The van der Waals surface area contributed by atoms with Crippen LogP contribution in [0.2, 0.25) is 12.6 Å². The van der Waals surface area contributed by atoms with Crippen LogP contribution in [0.5, 0.6) is 0 Å². The zero-order valence-corrected chi connectivity index (χ0v) is 11.4. The molecule has 0 radical (unpaired) electrons. The predicted octanol–water partition coefficient (Wildman–Crippen LogP) is 2.51. The molecular formula is C10H27NO2Si. The SMILES string of the molecule is CCCCN.CCC[Si](C)(OC)OC. The Hall–Kier alpha value is 0.0969. The lowest BCUT2D eigenvalue weighted by atomic mass is 10.3. The van der Waals surface area contributed by atoms with Crippen molar-refractivity contribution in [2.45, 2.75) is 45.7 Å². The third-order valence-corrected chi connectivity index (χ3v) is 5.26. The standard InChI is InChI=1S/C6H16O2Si.C4H11N/c1-5-6-9(4,7-2)8-3;1-2-3-4-5/h5-6H2,1-4H3;2-5H2,1H3. The number of unbranched alkanes of at least 4 members (excludes halogenated alkanes) is 1. The number of nitrogens with two attached hydrogens (primary N) is 1. The van der Waals surface area contributed by atoms with E-state index in [4.69, 9.17) is 14.6 Å². The van der Waals surface area contributed by atoms with Crippen molar-refractivity contribution in [3.63, 3.8) is 0 Å². The van der Waals surface area contributed by atoms with Gasteiger partial charge in [0.2, 0.25) is 0 Å². The lowest BCUT2D eigenvalue weighted by Crippen LogP contribution is -2.35. The third-order valence-electron chi connectivity index (χ3n) is 2.13. The first-order valence-corrected chi connectivity index (χ1v) is 7.92. The molecule has 0 heterocycles. The molecule has 0 bridgehead atoms. The molecular weight excluding hydrogens is 194 g/mol. The minimum Gasteiger partial charge on any atom is -0.398 e. The van der Waals surface area contributed by atoms with Crippen molar-refractivity contribution >= 4 is 8.56 Å². The quantitative estimate of drug-likeness (QED) is 0.701. The van der Waals surface area contributed by atoms with Crippen LogP contribution in [0, 0.1) is 0 Å². The maximum absolute atomic E-state index is 5.24. The molecule has 0 rings (SSSR count). The second-order valence-corrected chi connectivity index (χ2v) is 7.02. The van der Waals surface area contributed by atoms with Gasteiger partial charge in [-0.2, -0.15) is 0 Å². The average molecular weight is 221 g/mol. The van der Waals surface area contributed by atoms with Crippen LogP contribution in [0.1, 0.15) is 33.1 Å². The summed E-state index contributed by atoms with van der Waals surface area (Å²) < 4.78 is 10.5. The second kappa shape index (κ2) is 11.2.